The second-order valence-electron chi connectivity index (χ2n) is 2.71. The summed E-state index contributed by atoms with van der Waals surface area (Å²) in [4.78, 5) is 1.31. The summed E-state index contributed by atoms with van der Waals surface area (Å²) in [6.07, 6.45) is 4.83. The van der Waals surface area contributed by atoms with E-state index in [2.05, 4.69) is 17.5 Å². The maximum absolute atomic E-state index is 5.55. The second kappa shape index (κ2) is 3.37. The standard InChI is InChI=1S/C9H11OS/c1-2-6-10-8(4-1)9-5-3-7-11-9/h3,5,7H,1-2,4,6H2. The minimum Gasteiger partial charge on any atom is -0.366 e. The Hall–Kier alpha value is -0.340. The number of thiophene rings is 1. The van der Waals surface area contributed by atoms with Gasteiger partial charge < -0.3 is 4.74 Å². The summed E-state index contributed by atoms with van der Waals surface area (Å²) in [5, 5.41) is 2.10. The predicted molar refractivity (Wildman–Crippen MR) is 46.5 cm³/mol. The van der Waals surface area contributed by atoms with Crippen LogP contribution in [0.25, 0.3) is 0 Å². The summed E-state index contributed by atoms with van der Waals surface area (Å²) in [6, 6.07) is 4.20. The molecule has 1 aromatic heterocycles. The highest BCUT2D eigenvalue weighted by atomic mass is 32.1. The van der Waals surface area contributed by atoms with Crippen LogP contribution < -0.4 is 0 Å². The van der Waals surface area contributed by atoms with Crippen LogP contribution >= 0.6 is 11.3 Å². The Morgan fingerprint density at radius 1 is 1.36 bits per heavy atom. The predicted octanol–water partition coefficient (Wildman–Crippen LogP) is 2.83. The van der Waals surface area contributed by atoms with Gasteiger partial charge in [0.05, 0.1) is 0 Å². The van der Waals surface area contributed by atoms with Gasteiger partial charge in [-0.2, -0.15) is 0 Å². The van der Waals surface area contributed by atoms with E-state index in [4.69, 9.17) is 4.74 Å². The van der Waals surface area contributed by atoms with Gasteiger partial charge in [-0.1, -0.05) is 6.07 Å². The van der Waals surface area contributed by atoms with Crippen LogP contribution in [0, 0.1) is 6.10 Å². The van der Waals surface area contributed by atoms with Crippen molar-refractivity contribution in [2.45, 2.75) is 19.3 Å². The molecule has 0 amide bonds. The van der Waals surface area contributed by atoms with Crippen molar-refractivity contribution in [2.75, 3.05) is 6.61 Å². The molecule has 0 saturated carbocycles. The van der Waals surface area contributed by atoms with E-state index >= 15 is 0 Å². The molecule has 0 bridgehead atoms. The Morgan fingerprint density at radius 3 is 3.00 bits per heavy atom. The van der Waals surface area contributed by atoms with Crippen LogP contribution in [0.15, 0.2) is 17.5 Å². The summed E-state index contributed by atoms with van der Waals surface area (Å²) >= 11 is 1.77. The van der Waals surface area contributed by atoms with Crippen LogP contribution in [0.4, 0.5) is 0 Å². The van der Waals surface area contributed by atoms with Crippen molar-refractivity contribution >= 4 is 11.3 Å². The van der Waals surface area contributed by atoms with E-state index in [0.717, 1.165) is 13.0 Å². The van der Waals surface area contributed by atoms with E-state index in [9.17, 15) is 0 Å². The molecule has 1 saturated heterocycles. The first-order valence-electron chi connectivity index (χ1n) is 3.99. The Kier molecular flexibility index (Phi) is 2.24. The maximum atomic E-state index is 5.55. The van der Waals surface area contributed by atoms with Gasteiger partial charge in [-0.25, -0.2) is 0 Å². The van der Waals surface area contributed by atoms with Crippen LogP contribution in [0.3, 0.4) is 0 Å². The van der Waals surface area contributed by atoms with Crippen molar-refractivity contribution < 1.29 is 4.74 Å². The van der Waals surface area contributed by atoms with Gasteiger partial charge in [-0.15, -0.1) is 11.3 Å². The fourth-order valence-corrected chi connectivity index (χ4v) is 2.04. The minimum atomic E-state index is 0.910. The van der Waals surface area contributed by atoms with Crippen molar-refractivity contribution in [3.05, 3.63) is 28.5 Å². The maximum Gasteiger partial charge on any atom is 0.136 e. The molecule has 0 spiro atoms. The van der Waals surface area contributed by atoms with Gasteiger partial charge in [0.2, 0.25) is 0 Å². The molecule has 0 atom stereocenters. The van der Waals surface area contributed by atoms with Gasteiger partial charge >= 0.3 is 0 Å². The van der Waals surface area contributed by atoms with Crippen LogP contribution in [-0.2, 0) is 4.74 Å². The van der Waals surface area contributed by atoms with Crippen molar-refractivity contribution in [3.63, 3.8) is 0 Å². The summed E-state index contributed by atoms with van der Waals surface area (Å²) in [5.74, 6) is 0. The molecule has 0 aliphatic carbocycles. The molecule has 2 rings (SSSR count). The van der Waals surface area contributed by atoms with E-state index in [0.29, 0.717) is 0 Å². The fraction of sp³-hybridized carbons (Fsp3) is 0.444. The molecular formula is C9H11OS. The van der Waals surface area contributed by atoms with Crippen LogP contribution in [0.5, 0.6) is 0 Å². The quantitative estimate of drug-likeness (QED) is 0.625. The lowest BCUT2D eigenvalue weighted by Gasteiger charge is -2.19. The first kappa shape index (κ1) is 7.32. The highest BCUT2D eigenvalue weighted by Crippen LogP contribution is 2.29. The van der Waals surface area contributed by atoms with Gasteiger partial charge in [0.1, 0.15) is 6.10 Å². The first-order chi connectivity index (χ1) is 5.47. The highest BCUT2D eigenvalue weighted by molar-refractivity contribution is 7.10. The largest absolute Gasteiger partial charge is 0.366 e. The molecule has 0 aromatic carbocycles. The highest BCUT2D eigenvalue weighted by Gasteiger charge is 2.17. The summed E-state index contributed by atoms with van der Waals surface area (Å²) in [7, 11) is 0. The lowest BCUT2D eigenvalue weighted by molar-refractivity contribution is 0.119. The Morgan fingerprint density at radius 2 is 2.36 bits per heavy atom. The van der Waals surface area contributed by atoms with E-state index in [1.54, 1.807) is 11.3 Å². The Balaban J connectivity index is 2.04. The molecule has 1 aromatic rings. The number of ether oxygens (including phenoxy) is 1. The van der Waals surface area contributed by atoms with Gasteiger partial charge in [-0.05, 0) is 30.7 Å². The van der Waals surface area contributed by atoms with Crippen LogP contribution in [-0.4, -0.2) is 6.61 Å². The van der Waals surface area contributed by atoms with Gasteiger partial charge in [0.25, 0.3) is 0 Å². The van der Waals surface area contributed by atoms with Crippen molar-refractivity contribution in [3.8, 4) is 0 Å². The molecule has 1 fully saturated rings. The van der Waals surface area contributed by atoms with Crippen molar-refractivity contribution in [1.29, 1.82) is 0 Å². The van der Waals surface area contributed by atoms with Crippen molar-refractivity contribution in [1.82, 2.24) is 0 Å². The molecule has 2 heteroatoms. The molecule has 0 unspecified atom stereocenters. The third-order valence-electron chi connectivity index (χ3n) is 1.87. The zero-order valence-corrected chi connectivity index (χ0v) is 7.19. The molecule has 1 aliphatic heterocycles. The monoisotopic (exact) mass is 167 g/mol. The average molecular weight is 167 g/mol. The lowest BCUT2D eigenvalue weighted by Crippen LogP contribution is -2.10. The summed E-state index contributed by atoms with van der Waals surface area (Å²) in [5.41, 5.74) is 0. The number of hydrogen-bond donors (Lipinski definition) is 0. The third kappa shape index (κ3) is 1.63. The van der Waals surface area contributed by atoms with E-state index in [1.807, 2.05) is 0 Å². The molecule has 0 N–H and O–H groups in total. The molecular weight excluding hydrogens is 156 g/mol. The van der Waals surface area contributed by atoms with Gasteiger partial charge in [0, 0.05) is 11.5 Å². The first-order valence-corrected chi connectivity index (χ1v) is 4.87. The van der Waals surface area contributed by atoms with Gasteiger partial charge in [-0.3, -0.25) is 0 Å². The minimum absolute atomic E-state index is 0.910. The topological polar surface area (TPSA) is 9.23 Å². The fourth-order valence-electron chi connectivity index (χ4n) is 1.29. The normalized spacial score (nSPS) is 20.4. The Bertz CT molecular complexity index is 199. The molecule has 1 aliphatic rings. The van der Waals surface area contributed by atoms with E-state index in [1.165, 1.54) is 23.8 Å². The van der Waals surface area contributed by atoms with Crippen LogP contribution in [0.1, 0.15) is 24.1 Å². The molecule has 2 heterocycles. The zero-order valence-electron chi connectivity index (χ0n) is 6.38. The molecule has 11 heavy (non-hydrogen) atoms. The lowest BCUT2D eigenvalue weighted by atomic mass is 10.1. The Labute approximate surface area is 71.0 Å². The summed E-state index contributed by atoms with van der Waals surface area (Å²) < 4.78 is 5.55. The number of rotatable bonds is 1. The van der Waals surface area contributed by atoms with Gasteiger partial charge in [0.15, 0.2) is 0 Å². The third-order valence-corrected chi connectivity index (χ3v) is 2.78. The SMILES string of the molecule is c1csc([C]2CCCCO2)c1. The zero-order chi connectivity index (χ0) is 7.52. The second-order valence-corrected chi connectivity index (χ2v) is 3.65. The van der Waals surface area contributed by atoms with Crippen molar-refractivity contribution in [2.24, 2.45) is 0 Å². The summed E-state index contributed by atoms with van der Waals surface area (Å²) in [6.45, 7) is 0.910. The smallest absolute Gasteiger partial charge is 0.136 e. The van der Waals surface area contributed by atoms with Crippen LogP contribution in [0.2, 0.25) is 0 Å². The van der Waals surface area contributed by atoms with E-state index in [-0.39, 0.29) is 0 Å². The number of hydrogen-bond acceptors (Lipinski definition) is 2. The molecule has 1 radical (unpaired) electrons. The molecule has 1 nitrogen and oxygen atoms in total. The average Bonchev–Trinajstić information content (AvgIpc) is 2.58. The molecule has 59 valence electrons. The van der Waals surface area contributed by atoms with E-state index < -0.39 is 0 Å².